The van der Waals surface area contributed by atoms with E-state index in [0.29, 0.717) is 25.6 Å². The van der Waals surface area contributed by atoms with Crippen molar-refractivity contribution in [3.63, 3.8) is 0 Å². The minimum absolute atomic E-state index is 0.447. The SMILES string of the molecule is COc1ccc(Cn2c(CCCOCc3ccccc3)nc3c(N)nc4cc(-c5ccccc5)ccc4c32)cc1. The number of anilines is 1. The third kappa shape index (κ3) is 5.40. The van der Waals surface area contributed by atoms with E-state index in [1.807, 2.05) is 48.5 Å². The molecule has 4 aromatic carbocycles. The number of aromatic nitrogens is 3. The zero-order chi connectivity index (χ0) is 27.3. The van der Waals surface area contributed by atoms with Crippen LogP contribution in [0.5, 0.6) is 5.75 Å². The first-order valence-electron chi connectivity index (χ1n) is 13.6. The minimum atomic E-state index is 0.447. The van der Waals surface area contributed by atoms with Crippen LogP contribution >= 0.6 is 0 Å². The zero-order valence-electron chi connectivity index (χ0n) is 22.6. The Hall–Kier alpha value is -4.68. The van der Waals surface area contributed by atoms with Crippen LogP contribution in [-0.2, 0) is 24.3 Å². The fourth-order valence-electron chi connectivity index (χ4n) is 5.14. The molecule has 0 saturated carbocycles. The first-order valence-corrected chi connectivity index (χ1v) is 13.6. The van der Waals surface area contributed by atoms with Crippen LogP contribution in [0.3, 0.4) is 0 Å². The Balaban J connectivity index is 1.35. The van der Waals surface area contributed by atoms with Crippen LogP contribution in [0.1, 0.15) is 23.4 Å². The fourth-order valence-corrected chi connectivity index (χ4v) is 5.14. The predicted octanol–water partition coefficient (Wildman–Crippen LogP) is 7.04. The smallest absolute Gasteiger partial charge is 0.152 e. The van der Waals surface area contributed by atoms with Gasteiger partial charge in [-0.1, -0.05) is 84.9 Å². The number of nitrogens with zero attached hydrogens (tertiary/aromatic N) is 3. The molecule has 0 saturated heterocycles. The fraction of sp³-hybridized carbons (Fsp3) is 0.176. The molecule has 2 heterocycles. The van der Waals surface area contributed by atoms with Crippen LogP contribution in [-0.4, -0.2) is 28.3 Å². The summed E-state index contributed by atoms with van der Waals surface area (Å²) in [6.07, 6.45) is 1.62. The van der Waals surface area contributed by atoms with Gasteiger partial charge < -0.3 is 19.8 Å². The summed E-state index contributed by atoms with van der Waals surface area (Å²) >= 11 is 0. The van der Waals surface area contributed by atoms with Crippen molar-refractivity contribution in [3.05, 3.63) is 120 Å². The molecule has 6 heteroatoms. The van der Waals surface area contributed by atoms with Gasteiger partial charge in [-0.15, -0.1) is 0 Å². The van der Waals surface area contributed by atoms with E-state index in [2.05, 4.69) is 59.2 Å². The summed E-state index contributed by atoms with van der Waals surface area (Å²) < 4.78 is 13.6. The van der Waals surface area contributed by atoms with Crippen molar-refractivity contribution in [1.29, 1.82) is 0 Å². The predicted molar refractivity (Wildman–Crippen MR) is 161 cm³/mol. The normalized spacial score (nSPS) is 11.3. The number of methoxy groups -OCH3 is 1. The van der Waals surface area contributed by atoms with Gasteiger partial charge in [-0.2, -0.15) is 0 Å². The van der Waals surface area contributed by atoms with Crippen LogP contribution in [0.25, 0.3) is 33.1 Å². The molecule has 0 aliphatic heterocycles. The highest BCUT2D eigenvalue weighted by atomic mass is 16.5. The first kappa shape index (κ1) is 25.6. The topological polar surface area (TPSA) is 75.2 Å². The summed E-state index contributed by atoms with van der Waals surface area (Å²) in [5.41, 5.74) is 13.7. The maximum atomic E-state index is 6.54. The zero-order valence-corrected chi connectivity index (χ0v) is 22.6. The molecule has 6 nitrogen and oxygen atoms in total. The van der Waals surface area contributed by atoms with Gasteiger partial charge in [0.1, 0.15) is 17.1 Å². The second kappa shape index (κ2) is 11.6. The molecule has 0 aliphatic carbocycles. The Morgan fingerprint density at radius 2 is 1.52 bits per heavy atom. The number of ether oxygens (including phenoxy) is 2. The lowest BCUT2D eigenvalue weighted by molar-refractivity contribution is 0.118. The number of nitrogen functional groups attached to an aromatic ring is 1. The second-order valence-electron chi connectivity index (χ2n) is 9.90. The lowest BCUT2D eigenvalue weighted by Crippen LogP contribution is -2.07. The van der Waals surface area contributed by atoms with Gasteiger partial charge in [-0.25, -0.2) is 9.97 Å². The first-order chi connectivity index (χ1) is 19.7. The molecule has 0 radical (unpaired) electrons. The van der Waals surface area contributed by atoms with Gasteiger partial charge >= 0.3 is 0 Å². The van der Waals surface area contributed by atoms with E-state index in [4.69, 9.17) is 25.2 Å². The van der Waals surface area contributed by atoms with E-state index in [1.165, 1.54) is 5.56 Å². The molecular formula is C34H32N4O2. The Labute approximate surface area is 234 Å². The maximum Gasteiger partial charge on any atom is 0.152 e. The molecule has 6 aromatic rings. The van der Waals surface area contributed by atoms with Crippen LogP contribution < -0.4 is 10.5 Å². The minimum Gasteiger partial charge on any atom is -0.497 e. The van der Waals surface area contributed by atoms with E-state index in [1.54, 1.807) is 7.11 Å². The number of nitrogens with two attached hydrogens (primary N) is 1. The van der Waals surface area contributed by atoms with E-state index < -0.39 is 0 Å². The molecule has 2 aromatic heterocycles. The van der Waals surface area contributed by atoms with Crippen LogP contribution in [0.2, 0.25) is 0 Å². The molecule has 200 valence electrons. The highest BCUT2D eigenvalue weighted by Crippen LogP contribution is 2.32. The van der Waals surface area contributed by atoms with Crippen molar-refractivity contribution in [2.75, 3.05) is 19.5 Å². The number of hydrogen-bond donors (Lipinski definition) is 1. The summed E-state index contributed by atoms with van der Waals surface area (Å²) in [7, 11) is 1.68. The number of rotatable bonds is 10. The maximum absolute atomic E-state index is 6.54. The van der Waals surface area contributed by atoms with Gasteiger partial charge in [-0.3, -0.25) is 0 Å². The molecule has 0 amide bonds. The van der Waals surface area contributed by atoms with Gasteiger partial charge in [0.25, 0.3) is 0 Å². The number of pyridine rings is 1. The molecule has 0 atom stereocenters. The van der Waals surface area contributed by atoms with Gasteiger partial charge in [0.05, 0.1) is 24.8 Å². The van der Waals surface area contributed by atoms with E-state index in [9.17, 15) is 0 Å². The largest absolute Gasteiger partial charge is 0.497 e. The van der Waals surface area contributed by atoms with Gasteiger partial charge in [0.15, 0.2) is 5.82 Å². The molecule has 0 aliphatic rings. The Morgan fingerprint density at radius 1 is 0.775 bits per heavy atom. The molecule has 0 bridgehead atoms. The van der Waals surface area contributed by atoms with Crippen molar-refractivity contribution < 1.29 is 9.47 Å². The monoisotopic (exact) mass is 528 g/mol. The number of hydrogen-bond acceptors (Lipinski definition) is 5. The summed E-state index contributed by atoms with van der Waals surface area (Å²) in [5.74, 6) is 2.26. The number of benzene rings is 4. The third-order valence-corrected chi connectivity index (χ3v) is 7.19. The van der Waals surface area contributed by atoms with Crippen LogP contribution in [0, 0.1) is 0 Å². The average molecular weight is 529 g/mol. The van der Waals surface area contributed by atoms with Gasteiger partial charge in [0.2, 0.25) is 0 Å². The highest BCUT2D eigenvalue weighted by Gasteiger charge is 2.18. The highest BCUT2D eigenvalue weighted by molar-refractivity contribution is 6.07. The summed E-state index contributed by atoms with van der Waals surface area (Å²) in [6.45, 7) is 1.92. The molecule has 0 unspecified atom stereocenters. The van der Waals surface area contributed by atoms with Gasteiger partial charge in [-0.05, 0) is 46.9 Å². The van der Waals surface area contributed by atoms with Crippen molar-refractivity contribution in [2.24, 2.45) is 0 Å². The third-order valence-electron chi connectivity index (χ3n) is 7.19. The summed E-state index contributed by atoms with van der Waals surface area (Å²) in [6, 6.07) is 35.2. The lowest BCUT2D eigenvalue weighted by Gasteiger charge is -2.13. The summed E-state index contributed by atoms with van der Waals surface area (Å²) in [4.78, 5) is 9.80. The number of fused-ring (bicyclic) bond motifs is 3. The van der Waals surface area contributed by atoms with Gasteiger partial charge in [0, 0.05) is 25.0 Å². The molecular weight excluding hydrogens is 496 g/mol. The molecule has 40 heavy (non-hydrogen) atoms. The average Bonchev–Trinajstić information content (AvgIpc) is 3.36. The Morgan fingerprint density at radius 3 is 2.27 bits per heavy atom. The van der Waals surface area contributed by atoms with E-state index in [-0.39, 0.29) is 0 Å². The Bertz CT molecular complexity index is 1730. The van der Waals surface area contributed by atoms with Crippen molar-refractivity contribution in [1.82, 2.24) is 14.5 Å². The molecule has 6 rings (SSSR count). The van der Waals surface area contributed by atoms with Crippen molar-refractivity contribution in [3.8, 4) is 16.9 Å². The van der Waals surface area contributed by atoms with Crippen molar-refractivity contribution in [2.45, 2.75) is 26.0 Å². The quantitative estimate of drug-likeness (QED) is 0.193. The van der Waals surface area contributed by atoms with Crippen LogP contribution in [0.15, 0.2) is 103 Å². The number of aryl methyl sites for hydroxylation is 1. The van der Waals surface area contributed by atoms with E-state index >= 15 is 0 Å². The second-order valence-corrected chi connectivity index (χ2v) is 9.90. The summed E-state index contributed by atoms with van der Waals surface area (Å²) in [5, 5.41) is 1.04. The van der Waals surface area contributed by atoms with E-state index in [0.717, 1.165) is 63.0 Å². The number of imidazole rings is 1. The standard InChI is InChI=1S/C34H32N4O2/c1-39-28-17-14-24(15-18-28)22-38-31(13-8-20-40-23-25-9-4-2-5-10-25)37-32-33(38)29-19-16-27(21-30(29)36-34(32)35)26-11-6-3-7-12-26/h2-7,9-12,14-19,21H,8,13,20,22-23H2,1H3,(H2,35,36). The molecule has 0 spiro atoms. The van der Waals surface area contributed by atoms with Crippen LogP contribution in [0.4, 0.5) is 5.82 Å². The molecule has 0 fully saturated rings. The lowest BCUT2D eigenvalue weighted by atomic mass is 10.0. The molecule has 2 N–H and O–H groups in total. The Kier molecular flexibility index (Phi) is 7.42. The van der Waals surface area contributed by atoms with Crippen molar-refractivity contribution >= 4 is 27.8 Å².